The van der Waals surface area contributed by atoms with Crippen molar-refractivity contribution in [2.45, 2.75) is 76.2 Å². The number of fused-ring (bicyclic) bond motifs is 1. The fourth-order valence-corrected chi connectivity index (χ4v) is 6.05. The van der Waals surface area contributed by atoms with Gasteiger partial charge in [0.05, 0.1) is 11.0 Å². The summed E-state index contributed by atoms with van der Waals surface area (Å²) in [4.78, 5) is 15.8. The Balaban J connectivity index is 1.77. The van der Waals surface area contributed by atoms with E-state index in [4.69, 9.17) is 0 Å². The predicted molar refractivity (Wildman–Crippen MR) is 123 cm³/mol. The number of piperidine rings is 1. The first kappa shape index (κ1) is 22.9. The first-order valence-corrected chi connectivity index (χ1v) is 12.0. The normalized spacial score (nSPS) is 28.5. The third-order valence-electron chi connectivity index (χ3n) is 7.46. The Morgan fingerprint density at radius 1 is 1.18 bits per heavy atom. The van der Waals surface area contributed by atoms with Crippen LogP contribution in [0, 0.1) is 0 Å². The molecule has 1 fully saturated rings. The number of alkyl halides is 3. The zero-order chi connectivity index (χ0) is 24.3. The van der Waals surface area contributed by atoms with Gasteiger partial charge in [-0.25, -0.2) is 0 Å². The summed E-state index contributed by atoms with van der Waals surface area (Å²) in [5.74, 6) is -0.344. The average molecular weight is 474 g/mol. The topological polar surface area (TPSA) is 69.1 Å². The second kappa shape index (κ2) is 7.85. The quantitative estimate of drug-likeness (QED) is 0.643. The van der Waals surface area contributed by atoms with Gasteiger partial charge in [-0.3, -0.25) is 4.79 Å². The molecule has 0 bridgehead atoms. The maximum absolute atomic E-state index is 14.2. The number of benzene rings is 1. The fraction of sp³-hybridized carbons (Fsp3) is 0.560. The number of azo groups is 1. The summed E-state index contributed by atoms with van der Waals surface area (Å²) >= 11 is 0. The summed E-state index contributed by atoms with van der Waals surface area (Å²) in [5.41, 5.74) is -0.143. The van der Waals surface area contributed by atoms with E-state index in [-0.39, 0.29) is 17.9 Å². The molecule has 4 aliphatic rings. The predicted octanol–water partition coefficient (Wildman–Crippen LogP) is 5.09. The van der Waals surface area contributed by atoms with Crippen LogP contribution in [0.15, 0.2) is 57.0 Å². The first-order valence-electron chi connectivity index (χ1n) is 12.0. The molecule has 1 aromatic rings. The van der Waals surface area contributed by atoms with Crippen LogP contribution in [-0.4, -0.2) is 36.9 Å². The Morgan fingerprint density at radius 2 is 1.91 bits per heavy atom. The van der Waals surface area contributed by atoms with Crippen LogP contribution in [0.1, 0.15) is 58.4 Å². The molecule has 2 atom stereocenters. The van der Waals surface area contributed by atoms with Crippen molar-refractivity contribution in [3.8, 4) is 0 Å². The van der Waals surface area contributed by atoms with E-state index >= 15 is 0 Å². The highest BCUT2D eigenvalue weighted by Gasteiger charge is 2.57. The number of hydrogen-bond donors (Lipinski definition) is 2. The number of allylic oxidation sites excluding steroid dienone is 1. The lowest BCUT2D eigenvalue weighted by Gasteiger charge is -2.48. The van der Waals surface area contributed by atoms with Crippen LogP contribution < -0.4 is 15.5 Å². The highest BCUT2D eigenvalue weighted by atomic mass is 19.4. The fourth-order valence-electron chi connectivity index (χ4n) is 6.05. The molecule has 0 saturated carbocycles. The zero-order valence-corrected chi connectivity index (χ0v) is 19.7. The van der Waals surface area contributed by atoms with Crippen molar-refractivity contribution in [1.29, 1.82) is 0 Å². The molecule has 34 heavy (non-hydrogen) atoms. The van der Waals surface area contributed by atoms with Crippen molar-refractivity contribution in [1.82, 2.24) is 10.6 Å². The third kappa shape index (κ3) is 3.51. The van der Waals surface area contributed by atoms with Crippen LogP contribution in [-0.2, 0) is 10.2 Å². The molecule has 4 heterocycles. The molecule has 5 rings (SSSR count). The summed E-state index contributed by atoms with van der Waals surface area (Å²) in [6.07, 6.45) is -1.52. The summed E-state index contributed by atoms with van der Waals surface area (Å²) < 4.78 is 42.5. The molecule has 0 spiro atoms. The lowest BCUT2D eigenvalue weighted by molar-refractivity contribution is -0.120. The largest absolute Gasteiger partial charge is 0.435 e. The molecule has 0 radical (unpaired) electrons. The molecule has 1 aromatic carbocycles. The minimum absolute atomic E-state index is 0.0203. The number of amides is 1. The van der Waals surface area contributed by atoms with E-state index in [0.717, 1.165) is 31.6 Å². The Hall–Kier alpha value is -2.84. The van der Waals surface area contributed by atoms with Crippen LogP contribution in [0.5, 0.6) is 0 Å². The van der Waals surface area contributed by atoms with Crippen molar-refractivity contribution in [3.05, 3.63) is 52.4 Å². The minimum atomic E-state index is -4.68. The second-order valence-electron chi connectivity index (χ2n) is 10.2. The van der Waals surface area contributed by atoms with Crippen LogP contribution in [0.25, 0.3) is 0 Å². The molecule has 6 nitrogen and oxygen atoms in total. The maximum atomic E-state index is 14.2. The Labute approximate surface area is 197 Å². The summed E-state index contributed by atoms with van der Waals surface area (Å²) in [5, 5.41) is 13.7. The number of carbonyl (C=O) groups is 1. The molecule has 0 aromatic heterocycles. The number of nitrogens with one attached hydrogen (secondary N) is 2. The van der Waals surface area contributed by atoms with Crippen LogP contribution in [0.3, 0.4) is 0 Å². The maximum Gasteiger partial charge on any atom is 0.435 e. The number of nitrogens with zero attached hydrogens (tertiary/aromatic N) is 3. The van der Waals surface area contributed by atoms with Gasteiger partial charge in [-0.1, -0.05) is 19.1 Å². The monoisotopic (exact) mass is 473 g/mol. The molecule has 2 N–H and O–H groups in total. The number of carbonyl (C=O) groups excluding carboxylic acids is 1. The summed E-state index contributed by atoms with van der Waals surface area (Å²) in [7, 11) is 0. The average Bonchev–Trinajstić information content (AvgIpc) is 3.22. The smallest absolute Gasteiger partial charge is 0.372 e. The Bertz CT molecular complexity index is 1110. The summed E-state index contributed by atoms with van der Waals surface area (Å²) in [6, 6.07) is 7.69. The molecular formula is C25H30F3N5O. The lowest BCUT2D eigenvalue weighted by atomic mass is 9.61. The molecule has 0 aliphatic carbocycles. The zero-order valence-electron chi connectivity index (χ0n) is 19.7. The molecular weight excluding hydrogens is 443 g/mol. The van der Waals surface area contributed by atoms with Gasteiger partial charge in [0.1, 0.15) is 0 Å². The molecule has 1 saturated heterocycles. The van der Waals surface area contributed by atoms with Gasteiger partial charge in [-0.2, -0.15) is 18.3 Å². The van der Waals surface area contributed by atoms with Crippen molar-refractivity contribution >= 4 is 11.6 Å². The van der Waals surface area contributed by atoms with Crippen LogP contribution in [0.2, 0.25) is 0 Å². The molecule has 9 heteroatoms. The van der Waals surface area contributed by atoms with E-state index in [0.29, 0.717) is 23.3 Å². The molecule has 1 amide bonds. The van der Waals surface area contributed by atoms with E-state index in [1.54, 1.807) is 0 Å². The number of anilines is 1. The highest BCUT2D eigenvalue weighted by Crippen LogP contribution is 2.55. The van der Waals surface area contributed by atoms with E-state index in [9.17, 15) is 18.0 Å². The number of rotatable bonds is 3. The van der Waals surface area contributed by atoms with Gasteiger partial charge in [0.15, 0.2) is 11.9 Å². The number of halogens is 3. The lowest BCUT2D eigenvalue weighted by Crippen LogP contribution is -2.58. The number of hydrogen-bond acceptors (Lipinski definition) is 5. The second-order valence-corrected chi connectivity index (χ2v) is 10.2. The van der Waals surface area contributed by atoms with Crippen molar-refractivity contribution < 1.29 is 18.0 Å². The van der Waals surface area contributed by atoms with E-state index in [1.165, 1.54) is 6.42 Å². The van der Waals surface area contributed by atoms with Gasteiger partial charge in [-0.05, 0) is 57.2 Å². The van der Waals surface area contributed by atoms with Gasteiger partial charge < -0.3 is 15.5 Å². The standard InChI is InChI=1S/C25H30F3N5O/c1-4-24(15-9-8-10-16(13-15)33-11-6-5-7-12-33)18-17(14-23(2,3)30-22(18)34)29-21-19(24)20(31-32-21)25(26,27)28/h8-10,13,21,29H,4-7,11-12,14H2,1-3H3,(H,30,34)/t21?,24-/m0/s1. The van der Waals surface area contributed by atoms with Gasteiger partial charge in [-0.15, -0.1) is 5.11 Å². The van der Waals surface area contributed by atoms with Gasteiger partial charge in [0.25, 0.3) is 5.91 Å². The minimum Gasteiger partial charge on any atom is -0.372 e. The van der Waals surface area contributed by atoms with Crippen molar-refractivity contribution in [2.24, 2.45) is 10.2 Å². The van der Waals surface area contributed by atoms with Gasteiger partial charge >= 0.3 is 6.18 Å². The SMILES string of the molecule is CC[C@]1(c2cccc(N3CCCCC3)c2)C2=C(CC(C)(C)NC2=O)NC2N=NC(C(F)(F)F)=C21. The van der Waals surface area contributed by atoms with E-state index in [1.807, 2.05) is 45.0 Å². The highest BCUT2D eigenvalue weighted by molar-refractivity contribution is 6.00. The summed E-state index contributed by atoms with van der Waals surface area (Å²) in [6.45, 7) is 7.48. The van der Waals surface area contributed by atoms with Gasteiger partial charge in [0, 0.05) is 42.0 Å². The van der Waals surface area contributed by atoms with Crippen molar-refractivity contribution in [3.63, 3.8) is 0 Å². The Morgan fingerprint density at radius 3 is 2.59 bits per heavy atom. The molecule has 182 valence electrons. The first-order chi connectivity index (χ1) is 16.1. The molecule has 4 aliphatic heterocycles. The molecule has 1 unspecified atom stereocenters. The van der Waals surface area contributed by atoms with Crippen molar-refractivity contribution in [2.75, 3.05) is 18.0 Å². The van der Waals surface area contributed by atoms with E-state index < -0.39 is 29.0 Å². The van der Waals surface area contributed by atoms with Crippen LogP contribution in [0.4, 0.5) is 18.9 Å². The van der Waals surface area contributed by atoms with E-state index in [2.05, 4.69) is 25.8 Å². The van der Waals surface area contributed by atoms with Gasteiger partial charge in [0.2, 0.25) is 0 Å². The van der Waals surface area contributed by atoms with Crippen LogP contribution >= 0.6 is 0 Å². The third-order valence-corrected chi connectivity index (χ3v) is 7.46. The Kier molecular flexibility index (Phi) is 5.29.